The van der Waals surface area contributed by atoms with Gasteiger partial charge >= 0.3 is 5.97 Å². The van der Waals surface area contributed by atoms with Gasteiger partial charge < -0.3 is 10.2 Å². The fourth-order valence-electron chi connectivity index (χ4n) is 2.54. The minimum atomic E-state index is -1.03. The molecular weight excluding hydrogens is 332 g/mol. The van der Waals surface area contributed by atoms with Crippen molar-refractivity contribution in [3.8, 4) is 21.6 Å². The SMILES string of the molecule is O=C(O)c1c(-c2ccccc2CO)sc(Cl)c1-c1ccccc1. The van der Waals surface area contributed by atoms with Gasteiger partial charge in [-0.05, 0) is 16.7 Å². The van der Waals surface area contributed by atoms with Crippen LogP contribution in [0, 0.1) is 0 Å². The quantitative estimate of drug-likeness (QED) is 0.705. The average molecular weight is 345 g/mol. The molecule has 3 nitrogen and oxygen atoms in total. The Morgan fingerprint density at radius 1 is 1.04 bits per heavy atom. The zero-order chi connectivity index (χ0) is 16.4. The lowest BCUT2D eigenvalue weighted by Crippen LogP contribution is -2.00. The predicted molar refractivity (Wildman–Crippen MR) is 93.1 cm³/mol. The first kappa shape index (κ1) is 15.7. The van der Waals surface area contributed by atoms with E-state index in [4.69, 9.17) is 11.6 Å². The van der Waals surface area contributed by atoms with Crippen molar-refractivity contribution >= 4 is 28.9 Å². The van der Waals surface area contributed by atoms with Gasteiger partial charge in [-0.3, -0.25) is 0 Å². The third-order valence-corrected chi connectivity index (χ3v) is 5.01. The molecule has 0 saturated heterocycles. The highest BCUT2D eigenvalue weighted by Gasteiger charge is 2.25. The zero-order valence-corrected chi connectivity index (χ0v) is 13.6. The largest absolute Gasteiger partial charge is 0.478 e. The Bertz CT molecular complexity index is 856. The number of aromatic carboxylic acids is 1. The molecule has 2 N–H and O–H groups in total. The first-order chi connectivity index (χ1) is 11.1. The third kappa shape index (κ3) is 2.88. The second-order valence-electron chi connectivity index (χ2n) is 4.94. The summed E-state index contributed by atoms with van der Waals surface area (Å²) in [5, 5.41) is 19.3. The van der Waals surface area contributed by atoms with Gasteiger partial charge in [-0.15, -0.1) is 11.3 Å². The van der Waals surface area contributed by atoms with Crippen molar-refractivity contribution in [1.82, 2.24) is 0 Å². The Morgan fingerprint density at radius 3 is 2.35 bits per heavy atom. The molecule has 3 aromatic rings. The molecule has 0 spiro atoms. The molecule has 116 valence electrons. The van der Waals surface area contributed by atoms with E-state index in [1.807, 2.05) is 42.5 Å². The number of hydrogen-bond acceptors (Lipinski definition) is 3. The topological polar surface area (TPSA) is 57.5 Å². The van der Waals surface area contributed by atoms with Crippen LogP contribution in [0.15, 0.2) is 54.6 Å². The molecule has 0 aliphatic rings. The minimum Gasteiger partial charge on any atom is -0.478 e. The first-order valence-corrected chi connectivity index (χ1v) is 8.13. The molecule has 0 bridgehead atoms. The lowest BCUT2D eigenvalue weighted by atomic mass is 9.98. The van der Waals surface area contributed by atoms with E-state index in [0.717, 1.165) is 5.56 Å². The Balaban J connectivity index is 2.30. The van der Waals surface area contributed by atoms with E-state index >= 15 is 0 Å². The fourth-order valence-corrected chi connectivity index (χ4v) is 4.08. The molecule has 3 rings (SSSR count). The van der Waals surface area contributed by atoms with E-state index in [9.17, 15) is 15.0 Å². The van der Waals surface area contributed by atoms with Gasteiger partial charge in [-0.1, -0.05) is 66.2 Å². The molecule has 0 atom stereocenters. The zero-order valence-electron chi connectivity index (χ0n) is 12.0. The number of carboxylic acids is 1. The van der Waals surface area contributed by atoms with Crippen LogP contribution in [0.25, 0.3) is 21.6 Å². The highest BCUT2D eigenvalue weighted by Crippen LogP contribution is 2.45. The maximum Gasteiger partial charge on any atom is 0.337 e. The molecule has 1 aromatic heterocycles. The minimum absolute atomic E-state index is 0.161. The molecule has 23 heavy (non-hydrogen) atoms. The van der Waals surface area contributed by atoms with E-state index in [-0.39, 0.29) is 12.2 Å². The van der Waals surface area contributed by atoms with Gasteiger partial charge in [0.2, 0.25) is 0 Å². The summed E-state index contributed by atoms with van der Waals surface area (Å²) < 4.78 is 0.427. The molecule has 0 radical (unpaired) electrons. The van der Waals surface area contributed by atoms with Gasteiger partial charge in [0.05, 0.1) is 17.0 Å². The van der Waals surface area contributed by atoms with Crippen LogP contribution in [0.1, 0.15) is 15.9 Å². The van der Waals surface area contributed by atoms with Crippen molar-refractivity contribution in [1.29, 1.82) is 0 Å². The number of carboxylic acid groups (broad SMARTS) is 1. The summed E-state index contributed by atoms with van der Waals surface area (Å²) in [7, 11) is 0. The first-order valence-electron chi connectivity index (χ1n) is 6.93. The number of benzene rings is 2. The van der Waals surface area contributed by atoms with Gasteiger partial charge in [0.1, 0.15) is 4.34 Å². The monoisotopic (exact) mass is 344 g/mol. The summed E-state index contributed by atoms with van der Waals surface area (Å²) in [6.45, 7) is -0.161. The van der Waals surface area contributed by atoms with Crippen molar-refractivity contribution < 1.29 is 15.0 Å². The molecule has 0 aliphatic heterocycles. The summed E-state index contributed by atoms with van der Waals surface area (Å²) >= 11 is 7.59. The number of aliphatic hydroxyl groups is 1. The maximum atomic E-state index is 11.9. The van der Waals surface area contributed by atoms with Crippen molar-refractivity contribution in [2.75, 3.05) is 0 Å². The lowest BCUT2D eigenvalue weighted by molar-refractivity contribution is 0.0699. The van der Waals surface area contributed by atoms with Crippen LogP contribution in [-0.2, 0) is 6.61 Å². The number of thiophene rings is 1. The van der Waals surface area contributed by atoms with Crippen LogP contribution in [0.3, 0.4) is 0 Å². The lowest BCUT2D eigenvalue weighted by Gasteiger charge is -2.07. The molecule has 0 amide bonds. The summed E-state index contributed by atoms with van der Waals surface area (Å²) in [5.74, 6) is -1.03. The van der Waals surface area contributed by atoms with Crippen molar-refractivity contribution in [3.05, 3.63) is 70.1 Å². The smallest absolute Gasteiger partial charge is 0.337 e. The number of halogens is 1. The van der Waals surface area contributed by atoms with Crippen molar-refractivity contribution in [2.24, 2.45) is 0 Å². The Morgan fingerprint density at radius 2 is 1.70 bits per heavy atom. The molecule has 2 aromatic carbocycles. The molecule has 5 heteroatoms. The molecule has 0 aliphatic carbocycles. The van der Waals surface area contributed by atoms with Gasteiger partial charge in [0.25, 0.3) is 0 Å². The van der Waals surface area contributed by atoms with Crippen LogP contribution < -0.4 is 0 Å². The summed E-state index contributed by atoms with van der Waals surface area (Å²) in [6.07, 6.45) is 0. The van der Waals surface area contributed by atoms with Gasteiger partial charge in [-0.2, -0.15) is 0 Å². The van der Waals surface area contributed by atoms with Crippen LogP contribution in [-0.4, -0.2) is 16.2 Å². The van der Waals surface area contributed by atoms with Crippen LogP contribution in [0.4, 0.5) is 0 Å². The maximum absolute atomic E-state index is 11.9. The second kappa shape index (κ2) is 6.54. The molecule has 0 fully saturated rings. The normalized spacial score (nSPS) is 10.7. The molecule has 0 unspecified atom stereocenters. The van der Waals surface area contributed by atoms with E-state index < -0.39 is 5.97 Å². The number of carbonyl (C=O) groups is 1. The predicted octanol–water partition coefficient (Wildman–Crippen LogP) is 4.93. The van der Waals surface area contributed by atoms with Gasteiger partial charge in [-0.25, -0.2) is 4.79 Å². The molecule has 1 heterocycles. The Labute approximate surface area is 142 Å². The Hall–Kier alpha value is -2.14. The van der Waals surface area contributed by atoms with E-state index in [2.05, 4.69) is 0 Å². The average Bonchev–Trinajstić information content (AvgIpc) is 2.93. The van der Waals surface area contributed by atoms with E-state index in [0.29, 0.717) is 25.9 Å². The van der Waals surface area contributed by atoms with Crippen LogP contribution in [0.5, 0.6) is 0 Å². The standard InChI is InChI=1S/C18H13ClO3S/c19-17-14(11-6-2-1-3-7-11)15(18(21)22)16(23-17)13-9-5-4-8-12(13)10-20/h1-9,20H,10H2,(H,21,22). The number of rotatable bonds is 4. The van der Waals surface area contributed by atoms with Gasteiger partial charge in [0, 0.05) is 5.56 Å². The van der Waals surface area contributed by atoms with Crippen LogP contribution >= 0.6 is 22.9 Å². The number of hydrogen-bond donors (Lipinski definition) is 2. The third-order valence-electron chi connectivity index (χ3n) is 3.57. The molecular formula is C18H13ClO3S. The second-order valence-corrected chi connectivity index (χ2v) is 6.56. The fraction of sp³-hybridized carbons (Fsp3) is 0.0556. The van der Waals surface area contributed by atoms with E-state index in [1.165, 1.54) is 11.3 Å². The summed E-state index contributed by atoms with van der Waals surface area (Å²) in [6, 6.07) is 16.4. The highest BCUT2D eigenvalue weighted by molar-refractivity contribution is 7.20. The summed E-state index contributed by atoms with van der Waals surface area (Å²) in [4.78, 5) is 12.4. The summed E-state index contributed by atoms with van der Waals surface area (Å²) in [5.41, 5.74) is 2.83. The van der Waals surface area contributed by atoms with Crippen LogP contribution in [0.2, 0.25) is 4.34 Å². The van der Waals surface area contributed by atoms with Gasteiger partial charge in [0.15, 0.2) is 0 Å². The van der Waals surface area contributed by atoms with E-state index in [1.54, 1.807) is 12.1 Å². The number of aliphatic hydroxyl groups excluding tert-OH is 1. The highest BCUT2D eigenvalue weighted by atomic mass is 35.5. The Kier molecular flexibility index (Phi) is 4.48. The van der Waals surface area contributed by atoms with Crippen molar-refractivity contribution in [3.63, 3.8) is 0 Å². The van der Waals surface area contributed by atoms with Crippen molar-refractivity contribution in [2.45, 2.75) is 6.61 Å². The molecule has 0 saturated carbocycles.